The van der Waals surface area contributed by atoms with E-state index in [1.165, 1.54) is 30.8 Å². The molecule has 0 spiro atoms. The number of hydrogen-bond acceptors (Lipinski definition) is 4. The fraction of sp³-hybridized carbons (Fsp3) is 0.133. The highest BCUT2D eigenvalue weighted by atomic mass is 19.3. The summed E-state index contributed by atoms with van der Waals surface area (Å²) in [4.78, 5) is 26.7. The van der Waals surface area contributed by atoms with Crippen LogP contribution in [0.5, 0.6) is 0 Å². The monoisotopic (exact) mass is 334 g/mol. The van der Waals surface area contributed by atoms with Gasteiger partial charge < -0.3 is 14.7 Å². The van der Waals surface area contributed by atoms with Crippen molar-refractivity contribution in [3.63, 3.8) is 0 Å². The maximum Gasteiger partial charge on any atom is 0.261 e. The predicted molar refractivity (Wildman–Crippen MR) is 80.9 cm³/mol. The summed E-state index contributed by atoms with van der Waals surface area (Å²) in [6.45, 7) is -0.575. The normalized spacial score (nSPS) is 11.0. The highest BCUT2D eigenvalue weighted by Gasteiger charge is 2.14. The van der Waals surface area contributed by atoms with Crippen LogP contribution in [0.15, 0.2) is 52.1 Å². The third-order valence-electron chi connectivity index (χ3n) is 3.16. The Morgan fingerprint density at radius 2 is 2.21 bits per heavy atom. The molecule has 0 aliphatic heterocycles. The van der Waals surface area contributed by atoms with Crippen molar-refractivity contribution in [2.75, 3.05) is 5.32 Å². The van der Waals surface area contributed by atoms with Crippen LogP contribution in [0.4, 0.5) is 14.5 Å². The molecule has 3 heterocycles. The summed E-state index contributed by atoms with van der Waals surface area (Å²) in [5.41, 5.74) is -0.0604. The summed E-state index contributed by atoms with van der Waals surface area (Å²) in [6, 6.07) is 6.23. The summed E-state index contributed by atoms with van der Waals surface area (Å²) in [5.74, 6) is -0.203. The van der Waals surface area contributed by atoms with Crippen LogP contribution in [0.25, 0.3) is 11.5 Å². The summed E-state index contributed by atoms with van der Waals surface area (Å²) in [5, 5.41) is 6.13. The highest BCUT2D eigenvalue weighted by molar-refractivity contribution is 6.03. The summed E-state index contributed by atoms with van der Waals surface area (Å²) in [6.07, 6.45) is 1.40. The number of amides is 1. The van der Waals surface area contributed by atoms with Gasteiger partial charge in [0.1, 0.15) is 17.9 Å². The fourth-order valence-corrected chi connectivity index (χ4v) is 2.10. The van der Waals surface area contributed by atoms with Crippen molar-refractivity contribution in [2.24, 2.45) is 0 Å². The van der Waals surface area contributed by atoms with E-state index >= 15 is 0 Å². The number of rotatable bonds is 5. The van der Waals surface area contributed by atoms with Gasteiger partial charge in [-0.05, 0) is 24.3 Å². The van der Waals surface area contributed by atoms with Gasteiger partial charge in [0.2, 0.25) is 0 Å². The Balaban J connectivity index is 1.75. The number of halogens is 2. The number of carbonyl (C=O) groups excluding carboxylic acids is 1. The lowest BCUT2D eigenvalue weighted by Crippen LogP contribution is -2.23. The molecule has 0 aliphatic rings. The number of nitrogens with one attached hydrogen (secondary N) is 2. The van der Waals surface area contributed by atoms with E-state index in [1.807, 2.05) is 0 Å². The topological polar surface area (TPSA) is 92.9 Å². The van der Waals surface area contributed by atoms with Crippen LogP contribution in [0.3, 0.4) is 0 Å². The van der Waals surface area contributed by atoms with Crippen LogP contribution in [-0.2, 0) is 6.54 Å². The van der Waals surface area contributed by atoms with E-state index in [4.69, 9.17) is 4.42 Å². The Morgan fingerprint density at radius 1 is 1.38 bits per heavy atom. The molecule has 2 N–H and O–H groups in total. The molecule has 0 atom stereocenters. The number of anilines is 1. The number of aromatic nitrogens is 3. The van der Waals surface area contributed by atoms with Gasteiger partial charge in [-0.25, -0.2) is 8.78 Å². The molecule has 0 aromatic carbocycles. The Hall–Kier alpha value is -3.23. The van der Waals surface area contributed by atoms with Gasteiger partial charge in [-0.3, -0.25) is 14.3 Å². The van der Waals surface area contributed by atoms with E-state index in [2.05, 4.69) is 15.4 Å². The number of alkyl halides is 2. The molecule has 0 fully saturated rings. The molecule has 0 aliphatic carbocycles. The zero-order valence-electron chi connectivity index (χ0n) is 12.2. The van der Waals surface area contributed by atoms with Crippen LogP contribution in [0, 0.1) is 0 Å². The molecule has 3 aromatic heterocycles. The first kappa shape index (κ1) is 15.7. The second-order valence-corrected chi connectivity index (χ2v) is 4.89. The van der Waals surface area contributed by atoms with Crippen molar-refractivity contribution in [1.82, 2.24) is 14.8 Å². The van der Waals surface area contributed by atoms with Crippen LogP contribution >= 0.6 is 0 Å². The number of nitrogens with zero attached hydrogens (tertiary/aromatic N) is 2. The molecule has 0 unspecified atom stereocenters. The molecule has 9 heteroatoms. The summed E-state index contributed by atoms with van der Waals surface area (Å²) in [7, 11) is 0. The average Bonchev–Trinajstić information content (AvgIpc) is 3.18. The molecule has 0 radical (unpaired) electrons. The average molecular weight is 334 g/mol. The molecular weight excluding hydrogens is 322 g/mol. The van der Waals surface area contributed by atoms with Crippen LogP contribution < -0.4 is 10.9 Å². The second kappa shape index (κ2) is 6.49. The first-order valence-corrected chi connectivity index (χ1v) is 6.92. The Labute approximate surface area is 133 Å². The van der Waals surface area contributed by atoms with E-state index in [9.17, 15) is 18.4 Å². The maximum absolute atomic E-state index is 12.3. The van der Waals surface area contributed by atoms with Gasteiger partial charge in [0, 0.05) is 6.20 Å². The number of aromatic amines is 1. The zero-order chi connectivity index (χ0) is 17.1. The minimum Gasteiger partial charge on any atom is -0.463 e. The van der Waals surface area contributed by atoms with E-state index in [1.54, 1.807) is 12.1 Å². The maximum atomic E-state index is 12.3. The van der Waals surface area contributed by atoms with Crippen molar-refractivity contribution in [2.45, 2.75) is 13.0 Å². The molecule has 24 heavy (non-hydrogen) atoms. The third kappa shape index (κ3) is 3.40. The van der Waals surface area contributed by atoms with Crippen molar-refractivity contribution < 1.29 is 18.0 Å². The van der Waals surface area contributed by atoms with Gasteiger partial charge in [0.25, 0.3) is 17.9 Å². The van der Waals surface area contributed by atoms with Gasteiger partial charge in [0.05, 0.1) is 23.8 Å². The Kier molecular flexibility index (Phi) is 4.23. The van der Waals surface area contributed by atoms with Gasteiger partial charge in [-0.15, -0.1) is 0 Å². The first-order valence-electron chi connectivity index (χ1n) is 6.92. The third-order valence-corrected chi connectivity index (χ3v) is 3.16. The lowest BCUT2D eigenvalue weighted by molar-refractivity contribution is 0.102. The molecule has 124 valence electrons. The van der Waals surface area contributed by atoms with Crippen LogP contribution in [0.2, 0.25) is 0 Å². The van der Waals surface area contributed by atoms with Crippen molar-refractivity contribution in [3.8, 4) is 11.5 Å². The van der Waals surface area contributed by atoms with E-state index in [0.29, 0.717) is 11.5 Å². The van der Waals surface area contributed by atoms with Gasteiger partial charge in [-0.2, -0.15) is 5.10 Å². The second-order valence-electron chi connectivity index (χ2n) is 4.89. The molecule has 3 aromatic rings. The number of furan rings is 1. The lowest BCUT2D eigenvalue weighted by atomic mass is 10.2. The predicted octanol–water partition coefficient (Wildman–Crippen LogP) is 2.35. The number of hydrogen-bond donors (Lipinski definition) is 2. The quantitative estimate of drug-likeness (QED) is 0.749. The minimum absolute atomic E-state index is 0.119. The molecule has 0 bridgehead atoms. The summed E-state index contributed by atoms with van der Waals surface area (Å²) < 4.78 is 30.7. The molecule has 1 amide bonds. The largest absolute Gasteiger partial charge is 0.463 e. The SMILES string of the molecule is O=C(Nc1cnn(CC(F)F)c1)c1ccc(-c2ccco2)[nH]c1=O. The Morgan fingerprint density at radius 3 is 2.88 bits per heavy atom. The molecule has 0 saturated heterocycles. The summed E-state index contributed by atoms with van der Waals surface area (Å²) >= 11 is 0. The lowest BCUT2D eigenvalue weighted by Gasteiger charge is -2.03. The van der Waals surface area contributed by atoms with Gasteiger partial charge in [0.15, 0.2) is 0 Å². The smallest absolute Gasteiger partial charge is 0.261 e. The minimum atomic E-state index is -2.55. The first-order chi connectivity index (χ1) is 11.5. The molecular formula is C15H12F2N4O3. The fourth-order valence-electron chi connectivity index (χ4n) is 2.10. The van der Waals surface area contributed by atoms with E-state index < -0.39 is 24.4 Å². The number of carbonyl (C=O) groups is 1. The number of H-pyrrole nitrogens is 1. The van der Waals surface area contributed by atoms with E-state index in [0.717, 1.165) is 4.68 Å². The molecule has 0 saturated carbocycles. The Bertz CT molecular complexity index is 900. The zero-order valence-corrected chi connectivity index (χ0v) is 12.2. The highest BCUT2D eigenvalue weighted by Crippen LogP contribution is 2.16. The van der Waals surface area contributed by atoms with Crippen molar-refractivity contribution >= 4 is 11.6 Å². The van der Waals surface area contributed by atoms with Crippen molar-refractivity contribution in [1.29, 1.82) is 0 Å². The van der Waals surface area contributed by atoms with Crippen LogP contribution in [-0.4, -0.2) is 27.1 Å². The van der Waals surface area contributed by atoms with Gasteiger partial charge in [-0.1, -0.05) is 0 Å². The van der Waals surface area contributed by atoms with Crippen molar-refractivity contribution in [3.05, 3.63) is 58.8 Å². The number of pyridine rings is 1. The van der Waals surface area contributed by atoms with E-state index in [-0.39, 0.29) is 11.3 Å². The van der Waals surface area contributed by atoms with Crippen LogP contribution in [0.1, 0.15) is 10.4 Å². The standard InChI is InChI=1S/C15H12F2N4O3/c16-13(17)8-21-7-9(6-18-21)19-14(22)10-3-4-11(20-15(10)23)12-2-1-5-24-12/h1-7,13H,8H2,(H,19,22)(H,20,23). The molecule has 3 rings (SSSR count). The molecule has 7 nitrogen and oxygen atoms in total. The van der Waals surface area contributed by atoms with Gasteiger partial charge >= 0.3 is 0 Å².